The summed E-state index contributed by atoms with van der Waals surface area (Å²) in [5.41, 5.74) is -2.07. The van der Waals surface area contributed by atoms with E-state index in [1.807, 2.05) is 48.5 Å². The molecule has 65 heavy (non-hydrogen) atoms. The van der Waals surface area contributed by atoms with E-state index in [-0.39, 0.29) is 31.1 Å². The van der Waals surface area contributed by atoms with Gasteiger partial charge in [0.15, 0.2) is 0 Å². The first kappa shape index (κ1) is 63.3. The minimum atomic E-state index is -1.18. The fourth-order valence-corrected chi connectivity index (χ4v) is 9.09. The van der Waals surface area contributed by atoms with Crippen molar-refractivity contribution in [3.05, 3.63) is 0 Å². The summed E-state index contributed by atoms with van der Waals surface area (Å²) in [6.07, 6.45) is 40.0. The molecule has 0 saturated carbocycles. The van der Waals surface area contributed by atoms with Gasteiger partial charge < -0.3 is 24.3 Å². The zero-order chi connectivity index (χ0) is 48.7. The number of carbonyl (C=O) groups is 3. The molecule has 0 aromatic heterocycles. The molecule has 0 saturated heterocycles. The number of nitrogens with one attached hydrogen (secondary N) is 1. The van der Waals surface area contributed by atoms with Gasteiger partial charge in [0.1, 0.15) is 0 Å². The number of amides is 1. The van der Waals surface area contributed by atoms with E-state index in [0.29, 0.717) is 19.4 Å². The SMILES string of the molecule is CCCCCCCCCCCCCCCCCCOC(=O)C(CNC(=O)C(C)(CC)CC(C)(C)OC(C)(C)CCOC(C)(C)C)OC(=O)CCCCCCCCCCCCCCCCC. The summed E-state index contributed by atoms with van der Waals surface area (Å²) in [6, 6.07) is 0. The van der Waals surface area contributed by atoms with Gasteiger partial charge in [-0.2, -0.15) is 0 Å². The topological polar surface area (TPSA) is 100 Å². The highest BCUT2D eigenvalue weighted by Crippen LogP contribution is 2.37. The Morgan fingerprint density at radius 1 is 0.477 bits per heavy atom. The Morgan fingerprint density at radius 2 is 0.862 bits per heavy atom. The molecule has 386 valence electrons. The summed E-state index contributed by atoms with van der Waals surface area (Å²) in [5.74, 6) is -1.19. The molecular formula is C57H111NO7. The summed E-state index contributed by atoms with van der Waals surface area (Å²) in [4.78, 5) is 40.5. The second kappa shape index (κ2) is 39.2. The monoisotopic (exact) mass is 922 g/mol. The van der Waals surface area contributed by atoms with Crippen LogP contribution in [0.5, 0.6) is 0 Å². The van der Waals surface area contributed by atoms with Gasteiger partial charge in [0.2, 0.25) is 12.0 Å². The normalized spacial score (nSPS) is 13.7. The van der Waals surface area contributed by atoms with E-state index in [4.69, 9.17) is 18.9 Å². The van der Waals surface area contributed by atoms with Crippen LogP contribution in [0.3, 0.4) is 0 Å². The fraction of sp³-hybridized carbons (Fsp3) is 0.947. The zero-order valence-electron chi connectivity index (χ0n) is 45.3. The highest BCUT2D eigenvalue weighted by atomic mass is 16.6. The molecule has 0 radical (unpaired) electrons. The maximum Gasteiger partial charge on any atom is 0.349 e. The van der Waals surface area contributed by atoms with E-state index >= 15 is 0 Å². The maximum atomic E-state index is 13.9. The molecule has 0 aliphatic carbocycles. The van der Waals surface area contributed by atoms with Gasteiger partial charge in [-0.05, 0) is 80.6 Å². The smallest absolute Gasteiger partial charge is 0.349 e. The number of hydrogen-bond donors (Lipinski definition) is 1. The number of ether oxygens (including phenoxy) is 4. The van der Waals surface area contributed by atoms with Crippen LogP contribution in [0.1, 0.15) is 301 Å². The molecule has 2 unspecified atom stereocenters. The Kier molecular flexibility index (Phi) is 38.2. The number of hydrogen-bond acceptors (Lipinski definition) is 7. The molecule has 2 atom stereocenters. The van der Waals surface area contributed by atoms with E-state index in [1.54, 1.807) is 0 Å². The van der Waals surface area contributed by atoms with E-state index in [0.717, 1.165) is 44.9 Å². The summed E-state index contributed by atoms with van der Waals surface area (Å²) in [5, 5.41) is 2.98. The van der Waals surface area contributed by atoms with Gasteiger partial charge in [0, 0.05) is 18.4 Å². The lowest BCUT2D eigenvalue weighted by Crippen LogP contribution is -2.49. The second-order valence-corrected chi connectivity index (χ2v) is 22.3. The molecule has 0 bridgehead atoms. The van der Waals surface area contributed by atoms with Crippen molar-refractivity contribution in [2.75, 3.05) is 19.8 Å². The summed E-state index contributed by atoms with van der Waals surface area (Å²) in [6.45, 7) is 23.6. The van der Waals surface area contributed by atoms with Gasteiger partial charge in [-0.15, -0.1) is 0 Å². The average molecular weight is 923 g/mol. The molecule has 0 heterocycles. The lowest BCUT2D eigenvalue weighted by Gasteiger charge is -2.41. The number of unbranched alkanes of at least 4 members (excludes halogenated alkanes) is 29. The second-order valence-electron chi connectivity index (χ2n) is 22.3. The van der Waals surface area contributed by atoms with Crippen LogP contribution in [0, 0.1) is 5.41 Å². The standard InChI is InChI=1S/C57H111NO7/c1-12-15-17-19-21-23-25-27-29-31-33-35-37-39-41-43-46-62-52(60)50(64-51(59)44-42-40-38-36-34-32-30-28-26-24-22-20-18-16-13-2)48-58-53(61)57(11,14-3)49-56(9,10)65-55(7,8)45-47-63-54(4,5)6/h50H,12-49H2,1-11H3,(H,58,61). The van der Waals surface area contributed by atoms with Gasteiger partial charge in [0.05, 0.1) is 30.0 Å². The highest BCUT2D eigenvalue weighted by molar-refractivity contribution is 5.84. The third-order valence-electron chi connectivity index (χ3n) is 13.1. The molecule has 0 aromatic carbocycles. The Bertz CT molecular complexity index is 1150. The summed E-state index contributed by atoms with van der Waals surface area (Å²) >= 11 is 0. The Hall–Kier alpha value is -1.67. The van der Waals surface area contributed by atoms with Crippen molar-refractivity contribution in [2.45, 2.75) is 324 Å². The maximum absolute atomic E-state index is 13.9. The molecular weight excluding hydrogens is 811 g/mol. The van der Waals surface area contributed by atoms with Crippen LogP contribution in [0.4, 0.5) is 0 Å². The molecule has 8 nitrogen and oxygen atoms in total. The van der Waals surface area contributed by atoms with Crippen molar-refractivity contribution < 1.29 is 33.3 Å². The molecule has 0 aliphatic rings. The number of rotatable bonds is 46. The lowest BCUT2D eigenvalue weighted by atomic mass is 9.76. The van der Waals surface area contributed by atoms with Crippen LogP contribution < -0.4 is 5.32 Å². The van der Waals surface area contributed by atoms with Gasteiger partial charge in [-0.25, -0.2) is 4.79 Å². The zero-order valence-corrected chi connectivity index (χ0v) is 45.3. The average Bonchev–Trinajstić information content (AvgIpc) is 3.23. The lowest BCUT2D eigenvalue weighted by molar-refractivity contribution is -0.169. The van der Waals surface area contributed by atoms with Crippen molar-refractivity contribution in [3.8, 4) is 0 Å². The Balaban J connectivity index is 4.97. The van der Waals surface area contributed by atoms with Crippen LogP contribution in [0.15, 0.2) is 0 Å². The van der Waals surface area contributed by atoms with Crippen molar-refractivity contribution in [1.82, 2.24) is 5.32 Å². The van der Waals surface area contributed by atoms with E-state index < -0.39 is 34.7 Å². The van der Waals surface area contributed by atoms with Gasteiger partial charge in [-0.1, -0.05) is 214 Å². The molecule has 1 amide bonds. The van der Waals surface area contributed by atoms with Crippen molar-refractivity contribution >= 4 is 17.8 Å². The molecule has 0 rings (SSSR count). The molecule has 0 fully saturated rings. The summed E-state index contributed by atoms with van der Waals surface area (Å²) in [7, 11) is 0. The van der Waals surface area contributed by atoms with Crippen molar-refractivity contribution in [2.24, 2.45) is 5.41 Å². The first-order valence-electron chi connectivity index (χ1n) is 27.9. The quantitative estimate of drug-likeness (QED) is 0.0479. The van der Waals surface area contributed by atoms with Crippen molar-refractivity contribution in [3.63, 3.8) is 0 Å². The molecule has 1 N–H and O–H groups in total. The van der Waals surface area contributed by atoms with Gasteiger partial charge >= 0.3 is 11.9 Å². The predicted octanol–water partition coefficient (Wildman–Crippen LogP) is 16.7. The molecule has 0 aliphatic heterocycles. The van der Waals surface area contributed by atoms with Gasteiger partial charge in [-0.3, -0.25) is 9.59 Å². The third kappa shape index (κ3) is 38.9. The van der Waals surface area contributed by atoms with E-state index in [2.05, 4.69) is 33.0 Å². The first-order chi connectivity index (χ1) is 30.9. The van der Waals surface area contributed by atoms with E-state index in [9.17, 15) is 14.4 Å². The highest BCUT2D eigenvalue weighted by Gasteiger charge is 2.41. The minimum Gasteiger partial charge on any atom is -0.463 e. The van der Waals surface area contributed by atoms with Crippen LogP contribution >= 0.6 is 0 Å². The third-order valence-corrected chi connectivity index (χ3v) is 13.1. The van der Waals surface area contributed by atoms with Crippen LogP contribution in [-0.2, 0) is 33.3 Å². The fourth-order valence-electron chi connectivity index (χ4n) is 9.09. The predicted molar refractivity (Wildman–Crippen MR) is 276 cm³/mol. The Labute approximate surface area is 404 Å². The molecule has 0 aromatic rings. The van der Waals surface area contributed by atoms with Crippen LogP contribution in [0.25, 0.3) is 0 Å². The van der Waals surface area contributed by atoms with Gasteiger partial charge in [0.25, 0.3) is 0 Å². The first-order valence-corrected chi connectivity index (χ1v) is 27.9. The minimum absolute atomic E-state index is 0.117. The Morgan fingerprint density at radius 3 is 1.25 bits per heavy atom. The van der Waals surface area contributed by atoms with Crippen LogP contribution in [-0.4, -0.2) is 60.5 Å². The van der Waals surface area contributed by atoms with E-state index in [1.165, 1.54) is 161 Å². The molecule has 8 heteroatoms. The molecule has 0 spiro atoms. The van der Waals surface area contributed by atoms with Crippen LogP contribution in [0.2, 0.25) is 0 Å². The summed E-state index contributed by atoms with van der Waals surface area (Å²) < 4.78 is 24.1. The number of esters is 2. The number of carbonyl (C=O) groups excluding carboxylic acids is 3. The largest absolute Gasteiger partial charge is 0.463 e. The van der Waals surface area contributed by atoms with Crippen molar-refractivity contribution in [1.29, 1.82) is 0 Å².